The summed E-state index contributed by atoms with van der Waals surface area (Å²) in [6, 6.07) is 24.8. The van der Waals surface area contributed by atoms with E-state index in [1.54, 1.807) is 0 Å². The molecule has 0 aliphatic rings. The van der Waals surface area contributed by atoms with E-state index in [1.165, 1.54) is 48.5 Å². The Morgan fingerprint density at radius 3 is 1.82 bits per heavy atom. The third kappa shape index (κ3) is 6.43. The SMILES string of the molecule is Cc1cc(-c2ccccc2)cc(C)[n+]1CC(=O)Nc1ccc(S(=O)(=O)Nc2ccc(S(N)(=O)=O)cc2)cc1. The van der Waals surface area contributed by atoms with Crippen LogP contribution in [0.3, 0.4) is 0 Å². The lowest BCUT2D eigenvalue weighted by atomic mass is 10.0. The predicted molar refractivity (Wildman–Crippen MR) is 145 cm³/mol. The van der Waals surface area contributed by atoms with Gasteiger partial charge in [0.15, 0.2) is 11.4 Å². The number of aromatic nitrogens is 1. The van der Waals surface area contributed by atoms with Crippen LogP contribution in [0.2, 0.25) is 0 Å². The second-order valence-electron chi connectivity index (χ2n) is 8.73. The summed E-state index contributed by atoms with van der Waals surface area (Å²) in [4.78, 5) is 12.6. The molecule has 0 unspecified atom stereocenters. The van der Waals surface area contributed by atoms with Gasteiger partial charge in [0.05, 0.1) is 9.79 Å². The summed E-state index contributed by atoms with van der Waals surface area (Å²) >= 11 is 0. The van der Waals surface area contributed by atoms with Crippen LogP contribution in [0, 0.1) is 13.8 Å². The minimum absolute atomic E-state index is 0.0245. The Bertz CT molecular complexity index is 1660. The number of nitrogens with one attached hydrogen (secondary N) is 2. The van der Waals surface area contributed by atoms with Crippen molar-refractivity contribution in [1.82, 2.24) is 0 Å². The van der Waals surface area contributed by atoms with Gasteiger partial charge < -0.3 is 5.32 Å². The maximum absolute atomic E-state index is 12.7. The number of aryl methyl sites for hydroxylation is 2. The van der Waals surface area contributed by atoms with Crippen LogP contribution in [0.5, 0.6) is 0 Å². The van der Waals surface area contributed by atoms with Crippen LogP contribution in [-0.2, 0) is 31.4 Å². The summed E-state index contributed by atoms with van der Waals surface area (Å²) in [6.45, 7) is 3.99. The molecular weight excluding hydrogens is 524 g/mol. The van der Waals surface area contributed by atoms with Crippen molar-refractivity contribution < 1.29 is 26.2 Å². The number of pyridine rings is 1. The van der Waals surface area contributed by atoms with Gasteiger partial charge in [0.1, 0.15) is 0 Å². The molecule has 1 aromatic heterocycles. The number of carbonyl (C=O) groups is 1. The molecule has 3 aromatic carbocycles. The molecule has 0 bridgehead atoms. The zero-order valence-corrected chi connectivity index (χ0v) is 22.4. The third-order valence-electron chi connectivity index (χ3n) is 5.87. The summed E-state index contributed by atoms with van der Waals surface area (Å²) in [7, 11) is -7.82. The van der Waals surface area contributed by atoms with Crippen molar-refractivity contribution in [3.05, 3.63) is 102 Å². The number of hydrogen-bond donors (Lipinski definition) is 3. The van der Waals surface area contributed by atoms with Crippen LogP contribution in [0.4, 0.5) is 11.4 Å². The molecule has 0 saturated carbocycles. The molecule has 1 amide bonds. The van der Waals surface area contributed by atoms with Gasteiger partial charge in [0.25, 0.3) is 15.9 Å². The Morgan fingerprint density at radius 2 is 1.26 bits per heavy atom. The monoisotopic (exact) mass is 551 g/mol. The standard InChI is InChI=1S/C27H26N4O5S2/c1-19-16-22(21-6-4-3-5-7-21)17-20(2)31(19)18-27(32)29-23-8-14-26(15-9-23)38(35,36)30-24-10-12-25(13-11-24)37(28,33)34/h3-17,30H,18H2,1-2H3,(H2-,28,29,32,33,34)/p+1. The molecule has 4 aromatic rings. The minimum atomic E-state index is -3.94. The van der Waals surface area contributed by atoms with Gasteiger partial charge in [-0.2, -0.15) is 4.57 Å². The molecule has 0 aliphatic heterocycles. The number of anilines is 2. The minimum Gasteiger partial charge on any atom is -0.321 e. The summed E-state index contributed by atoms with van der Waals surface area (Å²) in [5, 5.41) is 7.86. The molecule has 0 atom stereocenters. The topological polar surface area (TPSA) is 139 Å². The maximum Gasteiger partial charge on any atom is 0.290 e. The molecule has 9 nitrogen and oxygen atoms in total. The Hall–Kier alpha value is -4.06. The quantitative estimate of drug-likeness (QED) is 0.288. The highest BCUT2D eigenvalue weighted by atomic mass is 32.2. The van der Waals surface area contributed by atoms with E-state index in [-0.39, 0.29) is 27.9 Å². The highest BCUT2D eigenvalue weighted by Gasteiger charge is 2.19. The maximum atomic E-state index is 12.7. The second-order valence-corrected chi connectivity index (χ2v) is 12.0. The molecule has 196 valence electrons. The Balaban J connectivity index is 1.42. The average Bonchev–Trinajstić information content (AvgIpc) is 2.86. The fourth-order valence-corrected chi connectivity index (χ4v) is 5.53. The van der Waals surface area contributed by atoms with Crippen LogP contribution in [-0.4, -0.2) is 22.7 Å². The fourth-order valence-electron chi connectivity index (χ4n) is 3.96. The van der Waals surface area contributed by atoms with Crippen molar-refractivity contribution in [2.45, 2.75) is 30.2 Å². The van der Waals surface area contributed by atoms with Crippen molar-refractivity contribution in [2.75, 3.05) is 10.0 Å². The number of nitrogens with zero attached hydrogens (tertiary/aromatic N) is 1. The lowest BCUT2D eigenvalue weighted by molar-refractivity contribution is -0.695. The first-order chi connectivity index (χ1) is 17.9. The van der Waals surface area contributed by atoms with Crippen molar-refractivity contribution >= 4 is 37.3 Å². The summed E-state index contributed by atoms with van der Waals surface area (Å²) in [6.07, 6.45) is 0. The highest BCUT2D eigenvalue weighted by Crippen LogP contribution is 2.21. The zero-order chi connectivity index (χ0) is 27.5. The smallest absolute Gasteiger partial charge is 0.290 e. The largest absolute Gasteiger partial charge is 0.321 e. The lowest BCUT2D eigenvalue weighted by Gasteiger charge is -2.10. The summed E-state index contributed by atoms with van der Waals surface area (Å²) in [5.41, 5.74) is 4.66. The van der Waals surface area contributed by atoms with E-state index in [0.29, 0.717) is 5.69 Å². The van der Waals surface area contributed by atoms with Crippen LogP contribution in [0.1, 0.15) is 11.4 Å². The van der Waals surface area contributed by atoms with Gasteiger partial charge in [-0.1, -0.05) is 30.3 Å². The molecule has 0 radical (unpaired) electrons. The van der Waals surface area contributed by atoms with Crippen LogP contribution < -0.4 is 19.7 Å². The number of primary sulfonamides is 1. The third-order valence-corrected chi connectivity index (χ3v) is 8.20. The van der Waals surface area contributed by atoms with E-state index in [0.717, 1.165) is 22.5 Å². The van der Waals surface area contributed by atoms with Crippen molar-refractivity contribution in [3.63, 3.8) is 0 Å². The Labute approximate surface area is 222 Å². The number of nitrogens with two attached hydrogens (primary N) is 1. The van der Waals surface area contributed by atoms with Gasteiger partial charge in [-0.25, -0.2) is 22.0 Å². The Kier molecular flexibility index (Phi) is 7.63. The average molecular weight is 552 g/mol. The molecule has 0 spiro atoms. The molecule has 0 fully saturated rings. The first kappa shape index (κ1) is 27.0. The number of benzene rings is 3. The van der Waals surface area contributed by atoms with Crippen LogP contribution >= 0.6 is 0 Å². The number of carbonyl (C=O) groups excluding carboxylic acids is 1. The fraction of sp³-hybridized carbons (Fsp3) is 0.111. The predicted octanol–water partition coefficient (Wildman–Crippen LogP) is 3.34. The number of sulfonamides is 2. The van der Waals surface area contributed by atoms with Gasteiger partial charge in [0, 0.05) is 37.4 Å². The normalized spacial score (nSPS) is 11.7. The van der Waals surface area contributed by atoms with Crippen molar-refractivity contribution in [1.29, 1.82) is 0 Å². The van der Waals surface area contributed by atoms with Gasteiger partial charge in [-0.15, -0.1) is 0 Å². The van der Waals surface area contributed by atoms with Gasteiger partial charge >= 0.3 is 0 Å². The van der Waals surface area contributed by atoms with E-state index in [4.69, 9.17) is 5.14 Å². The lowest BCUT2D eigenvalue weighted by Crippen LogP contribution is -2.45. The molecule has 4 N–H and O–H groups in total. The van der Waals surface area contributed by atoms with Crippen LogP contribution in [0.25, 0.3) is 11.1 Å². The summed E-state index contributed by atoms with van der Waals surface area (Å²) in [5.74, 6) is -0.252. The highest BCUT2D eigenvalue weighted by molar-refractivity contribution is 7.92. The second kappa shape index (κ2) is 10.7. The molecule has 0 saturated heterocycles. The van der Waals surface area contributed by atoms with Crippen LogP contribution in [0.15, 0.2) is 101 Å². The van der Waals surface area contributed by atoms with Crippen molar-refractivity contribution in [3.8, 4) is 11.1 Å². The first-order valence-corrected chi connectivity index (χ1v) is 14.6. The molecule has 11 heteroatoms. The van der Waals surface area contributed by atoms with E-state index in [1.807, 2.05) is 60.9 Å². The number of rotatable bonds is 8. The molecule has 4 rings (SSSR count). The first-order valence-electron chi connectivity index (χ1n) is 11.5. The molecule has 1 heterocycles. The zero-order valence-electron chi connectivity index (χ0n) is 20.7. The van der Waals surface area contributed by atoms with Gasteiger partial charge in [0.2, 0.25) is 16.6 Å². The Morgan fingerprint density at radius 1 is 0.737 bits per heavy atom. The number of hydrogen-bond acceptors (Lipinski definition) is 5. The molecule has 38 heavy (non-hydrogen) atoms. The summed E-state index contributed by atoms with van der Waals surface area (Å²) < 4.78 is 52.5. The van der Waals surface area contributed by atoms with Gasteiger partial charge in [-0.05, 0) is 59.7 Å². The van der Waals surface area contributed by atoms with E-state index in [2.05, 4.69) is 10.0 Å². The van der Waals surface area contributed by atoms with Crippen molar-refractivity contribution in [2.24, 2.45) is 5.14 Å². The molecular formula is C27H27N4O5S2+. The number of amides is 1. The van der Waals surface area contributed by atoms with E-state index in [9.17, 15) is 21.6 Å². The van der Waals surface area contributed by atoms with E-state index >= 15 is 0 Å². The van der Waals surface area contributed by atoms with E-state index < -0.39 is 20.0 Å². The van der Waals surface area contributed by atoms with Gasteiger partial charge in [-0.3, -0.25) is 9.52 Å². The molecule has 0 aliphatic carbocycles.